The first kappa shape index (κ1) is 19.3. The number of halogens is 3. The second kappa shape index (κ2) is 8.07. The molecule has 2 aromatic rings. The average molecular weight is 385 g/mol. The van der Waals surface area contributed by atoms with Gasteiger partial charge in [-0.15, -0.1) is 10.2 Å². The van der Waals surface area contributed by atoms with Crippen LogP contribution in [0.1, 0.15) is 24.4 Å². The molecule has 1 aliphatic rings. The third kappa shape index (κ3) is 4.65. The number of aromatic nitrogens is 5. The van der Waals surface area contributed by atoms with E-state index in [0.717, 1.165) is 18.9 Å². The molecule has 3 heterocycles. The molecular weight excluding hydrogens is 363 g/mol. The molecule has 0 spiro atoms. The molecular formula is C16H22F3N7O. The third-order valence-corrected chi connectivity index (χ3v) is 4.38. The van der Waals surface area contributed by atoms with E-state index in [9.17, 15) is 13.2 Å². The van der Waals surface area contributed by atoms with Gasteiger partial charge in [0.15, 0.2) is 11.5 Å². The van der Waals surface area contributed by atoms with E-state index in [1.807, 2.05) is 0 Å². The maximum absolute atomic E-state index is 13.3. The number of methoxy groups -OCH3 is 1. The van der Waals surface area contributed by atoms with Gasteiger partial charge in [0.05, 0.1) is 13.2 Å². The van der Waals surface area contributed by atoms with Crippen molar-refractivity contribution in [2.75, 3.05) is 43.7 Å². The quantitative estimate of drug-likeness (QED) is 0.722. The topological polar surface area (TPSA) is 72.2 Å². The molecule has 0 aliphatic carbocycles. The van der Waals surface area contributed by atoms with E-state index < -0.39 is 11.9 Å². The van der Waals surface area contributed by atoms with Crippen molar-refractivity contribution in [2.24, 2.45) is 0 Å². The molecule has 0 bridgehead atoms. The second-order valence-corrected chi connectivity index (χ2v) is 6.39. The number of alkyl halides is 3. The number of ether oxygens (including phenoxy) is 1. The predicted molar refractivity (Wildman–Crippen MR) is 92.5 cm³/mol. The molecule has 0 saturated carbocycles. The van der Waals surface area contributed by atoms with E-state index in [1.165, 1.54) is 0 Å². The van der Waals surface area contributed by atoms with Crippen LogP contribution in [0.15, 0.2) is 12.4 Å². The largest absolute Gasteiger partial charge is 0.433 e. The van der Waals surface area contributed by atoms with Gasteiger partial charge < -0.3 is 19.1 Å². The number of hydrogen-bond donors (Lipinski definition) is 0. The fourth-order valence-corrected chi connectivity index (χ4v) is 2.89. The van der Waals surface area contributed by atoms with Crippen molar-refractivity contribution in [2.45, 2.75) is 32.1 Å². The van der Waals surface area contributed by atoms with Gasteiger partial charge in [-0.1, -0.05) is 0 Å². The molecule has 148 valence electrons. The Balaban J connectivity index is 1.86. The summed E-state index contributed by atoms with van der Waals surface area (Å²) in [5.74, 6) is 0.926. The zero-order chi connectivity index (χ0) is 19.4. The van der Waals surface area contributed by atoms with Crippen molar-refractivity contribution in [1.82, 2.24) is 24.7 Å². The van der Waals surface area contributed by atoms with Crippen LogP contribution in [0, 0.1) is 0 Å². The Morgan fingerprint density at radius 1 is 1.22 bits per heavy atom. The number of rotatable bonds is 7. The van der Waals surface area contributed by atoms with Gasteiger partial charge in [0.25, 0.3) is 0 Å². The van der Waals surface area contributed by atoms with E-state index in [4.69, 9.17) is 4.74 Å². The van der Waals surface area contributed by atoms with Crippen molar-refractivity contribution in [3.63, 3.8) is 0 Å². The number of anilines is 2. The van der Waals surface area contributed by atoms with Crippen LogP contribution < -0.4 is 9.80 Å². The van der Waals surface area contributed by atoms with E-state index in [-0.39, 0.29) is 18.3 Å². The molecule has 0 aromatic carbocycles. The van der Waals surface area contributed by atoms with Gasteiger partial charge in [-0.3, -0.25) is 0 Å². The fraction of sp³-hybridized carbons (Fsp3) is 0.625. The summed E-state index contributed by atoms with van der Waals surface area (Å²) in [6.07, 6.45) is -1.12. The van der Waals surface area contributed by atoms with Gasteiger partial charge in [0, 0.05) is 39.9 Å². The van der Waals surface area contributed by atoms with E-state index in [2.05, 4.69) is 20.2 Å². The summed E-state index contributed by atoms with van der Waals surface area (Å²) >= 11 is 0. The van der Waals surface area contributed by atoms with E-state index in [0.29, 0.717) is 32.1 Å². The molecule has 3 rings (SSSR count). The summed E-state index contributed by atoms with van der Waals surface area (Å²) in [7, 11) is 3.27. The van der Waals surface area contributed by atoms with Crippen LogP contribution in [0.2, 0.25) is 0 Å². The molecule has 27 heavy (non-hydrogen) atoms. The Kier molecular flexibility index (Phi) is 5.78. The molecule has 2 aromatic heterocycles. The zero-order valence-electron chi connectivity index (χ0n) is 15.3. The van der Waals surface area contributed by atoms with Gasteiger partial charge in [0.1, 0.15) is 12.1 Å². The van der Waals surface area contributed by atoms with Gasteiger partial charge in [-0.2, -0.15) is 18.2 Å². The van der Waals surface area contributed by atoms with Crippen LogP contribution in [0.3, 0.4) is 0 Å². The van der Waals surface area contributed by atoms with Crippen LogP contribution in [0.4, 0.5) is 24.9 Å². The second-order valence-electron chi connectivity index (χ2n) is 6.39. The first-order chi connectivity index (χ1) is 12.9. The van der Waals surface area contributed by atoms with Crippen LogP contribution in [0.25, 0.3) is 0 Å². The maximum Gasteiger partial charge on any atom is 0.433 e. The molecule has 8 nitrogen and oxygen atoms in total. The SMILES string of the molecule is COCCn1cnnc1CN(C)c1cc(C(F)(F)F)nc(N2CCCC2)n1. The van der Waals surface area contributed by atoms with Crippen LogP contribution in [0.5, 0.6) is 0 Å². The van der Waals surface area contributed by atoms with Crippen LogP contribution in [-0.4, -0.2) is 58.6 Å². The van der Waals surface area contributed by atoms with Crippen LogP contribution in [-0.2, 0) is 24.0 Å². The minimum atomic E-state index is -4.54. The molecule has 0 unspecified atom stereocenters. The molecule has 11 heteroatoms. The first-order valence-corrected chi connectivity index (χ1v) is 8.66. The highest BCUT2D eigenvalue weighted by molar-refractivity contribution is 5.46. The molecule has 0 N–H and O–H groups in total. The van der Waals surface area contributed by atoms with E-state index in [1.54, 1.807) is 34.9 Å². The number of hydrogen-bond acceptors (Lipinski definition) is 7. The Morgan fingerprint density at radius 2 is 1.96 bits per heavy atom. The highest BCUT2D eigenvalue weighted by atomic mass is 19.4. The van der Waals surface area contributed by atoms with Gasteiger partial charge in [-0.05, 0) is 12.8 Å². The lowest BCUT2D eigenvalue weighted by Gasteiger charge is -2.22. The minimum absolute atomic E-state index is 0.116. The summed E-state index contributed by atoms with van der Waals surface area (Å²) in [4.78, 5) is 11.5. The summed E-state index contributed by atoms with van der Waals surface area (Å²) in [6.45, 7) is 2.63. The predicted octanol–water partition coefficient (Wildman–Crippen LogP) is 1.97. The smallest absolute Gasteiger partial charge is 0.383 e. The normalized spacial score (nSPS) is 14.8. The highest BCUT2D eigenvalue weighted by Gasteiger charge is 2.35. The molecule has 1 fully saturated rings. The molecule has 0 radical (unpaired) electrons. The zero-order valence-corrected chi connectivity index (χ0v) is 15.3. The standard InChI is InChI=1S/C16H22F3N7O/c1-24(10-14-23-20-11-26(14)7-8-27-2)13-9-12(16(17,18)19)21-15(22-13)25-5-3-4-6-25/h9,11H,3-8,10H2,1-2H3. The highest BCUT2D eigenvalue weighted by Crippen LogP contribution is 2.32. The molecule has 0 atom stereocenters. The number of nitrogens with zero attached hydrogens (tertiary/aromatic N) is 7. The lowest BCUT2D eigenvalue weighted by Crippen LogP contribution is -2.26. The summed E-state index contributed by atoms with van der Waals surface area (Å²) in [5.41, 5.74) is -0.943. The third-order valence-electron chi connectivity index (χ3n) is 4.38. The van der Waals surface area contributed by atoms with Crippen molar-refractivity contribution < 1.29 is 17.9 Å². The summed E-state index contributed by atoms with van der Waals surface area (Å²) in [6, 6.07) is 0.968. The summed E-state index contributed by atoms with van der Waals surface area (Å²) in [5, 5.41) is 7.91. The van der Waals surface area contributed by atoms with Crippen molar-refractivity contribution >= 4 is 11.8 Å². The lowest BCUT2D eigenvalue weighted by atomic mass is 10.3. The molecule has 1 saturated heterocycles. The monoisotopic (exact) mass is 385 g/mol. The van der Waals surface area contributed by atoms with E-state index >= 15 is 0 Å². The Labute approximate surface area is 155 Å². The Bertz CT molecular complexity index is 759. The van der Waals surface area contributed by atoms with Crippen molar-refractivity contribution in [1.29, 1.82) is 0 Å². The Morgan fingerprint density at radius 3 is 2.63 bits per heavy atom. The van der Waals surface area contributed by atoms with Gasteiger partial charge in [0.2, 0.25) is 5.95 Å². The fourth-order valence-electron chi connectivity index (χ4n) is 2.89. The van der Waals surface area contributed by atoms with Gasteiger partial charge >= 0.3 is 6.18 Å². The van der Waals surface area contributed by atoms with Crippen molar-refractivity contribution in [3.05, 3.63) is 23.9 Å². The van der Waals surface area contributed by atoms with Gasteiger partial charge in [-0.25, -0.2) is 4.98 Å². The van der Waals surface area contributed by atoms with Crippen LogP contribution >= 0.6 is 0 Å². The first-order valence-electron chi connectivity index (χ1n) is 8.66. The van der Waals surface area contributed by atoms with Crippen molar-refractivity contribution in [3.8, 4) is 0 Å². The molecule has 0 amide bonds. The lowest BCUT2D eigenvalue weighted by molar-refractivity contribution is -0.141. The Hall–Kier alpha value is -2.43. The average Bonchev–Trinajstić information content (AvgIpc) is 3.31. The minimum Gasteiger partial charge on any atom is -0.383 e. The molecule has 1 aliphatic heterocycles. The summed E-state index contributed by atoms with van der Waals surface area (Å²) < 4.78 is 46.8. The maximum atomic E-state index is 13.3.